The molecule has 2 rings (SSSR count). The summed E-state index contributed by atoms with van der Waals surface area (Å²) in [6.07, 6.45) is 3.79. The maximum Gasteiger partial charge on any atom is 0.158 e. The third kappa shape index (κ3) is 5.45. The minimum Gasteiger partial charge on any atom is -0.374 e. The molecule has 0 bridgehead atoms. The van der Waals surface area contributed by atoms with E-state index in [0.29, 0.717) is 24.9 Å². The van der Waals surface area contributed by atoms with Crippen LogP contribution in [-0.4, -0.2) is 47.7 Å². The van der Waals surface area contributed by atoms with Crippen LogP contribution in [0.2, 0.25) is 0 Å². The number of hydrogen-bond donors (Lipinski definition) is 3. The zero-order valence-corrected chi connectivity index (χ0v) is 12.8. The van der Waals surface area contributed by atoms with Gasteiger partial charge in [0.05, 0.1) is 0 Å². The van der Waals surface area contributed by atoms with Crippen molar-refractivity contribution in [1.29, 1.82) is 0 Å². The first-order chi connectivity index (χ1) is 10.3. The highest BCUT2D eigenvalue weighted by molar-refractivity contribution is 5.46. The molecule has 0 unspecified atom stereocenters. The van der Waals surface area contributed by atoms with Gasteiger partial charge in [0.1, 0.15) is 18.2 Å². The number of rotatable bonds is 9. The maximum absolute atomic E-state index is 5.44. The summed E-state index contributed by atoms with van der Waals surface area (Å²) in [6, 6.07) is 1.81. The lowest BCUT2D eigenvalue weighted by atomic mass is 10.4. The molecule has 7 nitrogen and oxygen atoms in total. The van der Waals surface area contributed by atoms with Gasteiger partial charge in [0.2, 0.25) is 0 Å². The molecule has 0 aliphatic carbocycles. The third-order valence-corrected chi connectivity index (χ3v) is 3.51. The van der Waals surface area contributed by atoms with E-state index in [0.717, 1.165) is 25.3 Å². The number of nitrogen functional groups attached to an aromatic ring is 1. The van der Waals surface area contributed by atoms with E-state index in [1.165, 1.54) is 25.9 Å². The summed E-state index contributed by atoms with van der Waals surface area (Å²) in [4.78, 5) is 11.2. The molecular weight excluding hydrogens is 268 g/mol. The Bertz CT molecular complexity index is 422. The number of nitrogens with one attached hydrogen (secondary N) is 2. The van der Waals surface area contributed by atoms with Gasteiger partial charge in [-0.05, 0) is 45.8 Å². The maximum atomic E-state index is 5.44. The first-order valence-corrected chi connectivity index (χ1v) is 7.70. The fourth-order valence-corrected chi connectivity index (χ4v) is 2.44. The third-order valence-electron chi connectivity index (χ3n) is 3.51. The predicted molar refractivity (Wildman–Crippen MR) is 84.0 cm³/mol. The minimum absolute atomic E-state index is 0.397. The number of likely N-dealkylation sites (tertiary alicyclic amines) is 1. The average Bonchev–Trinajstić information content (AvgIpc) is 3.02. The van der Waals surface area contributed by atoms with E-state index in [-0.39, 0.29) is 0 Å². The lowest BCUT2D eigenvalue weighted by Gasteiger charge is -2.15. The van der Waals surface area contributed by atoms with Crippen LogP contribution in [0, 0.1) is 0 Å². The molecule has 1 aromatic heterocycles. The van der Waals surface area contributed by atoms with Crippen molar-refractivity contribution < 1.29 is 4.74 Å². The Morgan fingerprint density at radius 1 is 1.29 bits per heavy atom. The van der Waals surface area contributed by atoms with Crippen LogP contribution in [-0.2, 0) is 11.3 Å². The Labute approximate surface area is 126 Å². The number of hydrazine groups is 1. The van der Waals surface area contributed by atoms with Crippen LogP contribution in [0.5, 0.6) is 0 Å². The van der Waals surface area contributed by atoms with Crippen molar-refractivity contribution in [1.82, 2.24) is 14.9 Å². The lowest BCUT2D eigenvalue weighted by molar-refractivity contribution is 0.128. The monoisotopic (exact) mass is 294 g/mol. The second-order valence-electron chi connectivity index (χ2n) is 5.17. The summed E-state index contributed by atoms with van der Waals surface area (Å²) in [5.41, 5.74) is 2.56. The second kappa shape index (κ2) is 8.76. The zero-order valence-electron chi connectivity index (χ0n) is 12.8. The number of nitrogens with zero attached hydrogens (tertiary/aromatic N) is 3. The molecule has 118 valence electrons. The van der Waals surface area contributed by atoms with Crippen LogP contribution >= 0.6 is 0 Å². The van der Waals surface area contributed by atoms with E-state index >= 15 is 0 Å². The van der Waals surface area contributed by atoms with Gasteiger partial charge in [-0.15, -0.1) is 0 Å². The topological polar surface area (TPSA) is 88.3 Å². The van der Waals surface area contributed by atoms with Crippen LogP contribution in [0.3, 0.4) is 0 Å². The van der Waals surface area contributed by atoms with Crippen molar-refractivity contribution in [3.8, 4) is 0 Å². The zero-order chi connectivity index (χ0) is 14.9. The number of aromatic nitrogens is 2. The molecule has 0 saturated carbocycles. The van der Waals surface area contributed by atoms with Gasteiger partial charge in [0.15, 0.2) is 5.82 Å². The van der Waals surface area contributed by atoms with Gasteiger partial charge in [-0.1, -0.05) is 0 Å². The van der Waals surface area contributed by atoms with Gasteiger partial charge in [-0.3, -0.25) is 0 Å². The van der Waals surface area contributed by atoms with E-state index in [2.05, 4.69) is 25.6 Å². The molecule has 0 spiro atoms. The van der Waals surface area contributed by atoms with Gasteiger partial charge in [0.25, 0.3) is 0 Å². The Balaban J connectivity index is 1.80. The van der Waals surface area contributed by atoms with Crippen molar-refractivity contribution in [2.45, 2.75) is 32.8 Å². The molecule has 1 saturated heterocycles. The Hall–Kier alpha value is -1.44. The van der Waals surface area contributed by atoms with Crippen LogP contribution in [0.4, 0.5) is 11.6 Å². The Morgan fingerprint density at radius 3 is 2.76 bits per heavy atom. The van der Waals surface area contributed by atoms with E-state index in [1.54, 1.807) is 0 Å². The molecule has 0 atom stereocenters. The van der Waals surface area contributed by atoms with E-state index in [4.69, 9.17) is 10.6 Å². The Morgan fingerprint density at radius 2 is 2.05 bits per heavy atom. The van der Waals surface area contributed by atoms with Crippen LogP contribution in [0.1, 0.15) is 32.0 Å². The van der Waals surface area contributed by atoms with E-state index < -0.39 is 0 Å². The summed E-state index contributed by atoms with van der Waals surface area (Å²) in [5, 5.41) is 3.33. The van der Waals surface area contributed by atoms with Gasteiger partial charge in [0, 0.05) is 19.2 Å². The highest BCUT2D eigenvalue weighted by Gasteiger charge is 2.10. The van der Waals surface area contributed by atoms with Crippen molar-refractivity contribution in [3.05, 3.63) is 11.9 Å². The molecule has 1 aliphatic rings. The van der Waals surface area contributed by atoms with Crippen molar-refractivity contribution in [2.75, 3.05) is 43.5 Å². The van der Waals surface area contributed by atoms with Gasteiger partial charge in [-0.2, -0.15) is 0 Å². The van der Waals surface area contributed by atoms with Gasteiger partial charge in [-0.25, -0.2) is 15.8 Å². The van der Waals surface area contributed by atoms with Gasteiger partial charge < -0.3 is 20.4 Å². The summed E-state index contributed by atoms with van der Waals surface area (Å²) >= 11 is 0. The molecule has 1 aliphatic heterocycles. The molecule has 2 heterocycles. The summed E-state index contributed by atoms with van der Waals surface area (Å²) in [7, 11) is 0. The predicted octanol–water partition coefficient (Wildman–Crippen LogP) is 1.20. The molecule has 7 heteroatoms. The Kier molecular flexibility index (Phi) is 6.65. The first-order valence-electron chi connectivity index (χ1n) is 7.70. The highest BCUT2D eigenvalue weighted by Crippen LogP contribution is 2.12. The fraction of sp³-hybridized carbons (Fsp3) is 0.714. The standard InChI is InChI=1S/C14H26N6O/c1-2-21-11-14-17-12(10-13(18-14)19-15)16-6-5-9-20-7-3-4-8-20/h10H,2-9,11,15H2,1H3,(H2,16,17,18,19). The first kappa shape index (κ1) is 15.9. The smallest absolute Gasteiger partial charge is 0.158 e. The molecule has 4 N–H and O–H groups in total. The molecular formula is C14H26N6O. The number of anilines is 2. The van der Waals surface area contributed by atoms with Crippen LogP contribution < -0.4 is 16.6 Å². The number of hydrogen-bond acceptors (Lipinski definition) is 7. The summed E-state index contributed by atoms with van der Waals surface area (Å²) in [5.74, 6) is 7.46. The minimum atomic E-state index is 0.397. The summed E-state index contributed by atoms with van der Waals surface area (Å²) in [6.45, 7) is 7.51. The van der Waals surface area contributed by atoms with Gasteiger partial charge >= 0.3 is 0 Å². The highest BCUT2D eigenvalue weighted by atomic mass is 16.5. The van der Waals surface area contributed by atoms with Crippen molar-refractivity contribution in [3.63, 3.8) is 0 Å². The summed E-state index contributed by atoms with van der Waals surface area (Å²) < 4.78 is 5.34. The fourth-order valence-electron chi connectivity index (χ4n) is 2.44. The van der Waals surface area contributed by atoms with Crippen LogP contribution in [0.25, 0.3) is 0 Å². The number of ether oxygens (including phenoxy) is 1. The SMILES string of the molecule is CCOCc1nc(NN)cc(NCCCN2CCCC2)n1. The second-order valence-corrected chi connectivity index (χ2v) is 5.17. The molecule has 0 amide bonds. The number of nitrogens with two attached hydrogens (primary N) is 1. The van der Waals surface area contributed by atoms with Crippen molar-refractivity contribution in [2.24, 2.45) is 5.84 Å². The molecule has 21 heavy (non-hydrogen) atoms. The molecule has 0 aromatic carbocycles. The molecule has 1 fully saturated rings. The normalized spacial score (nSPS) is 15.3. The quantitative estimate of drug-likeness (QED) is 0.358. The van der Waals surface area contributed by atoms with E-state index in [9.17, 15) is 0 Å². The largest absolute Gasteiger partial charge is 0.374 e. The average molecular weight is 294 g/mol. The molecule has 0 radical (unpaired) electrons. The van der Waals surface area contributed by atoms with Crippen LogP contribution in [0.15, 0.2) is 6.07 Å². The van der Waals surface area contributed by atoms with E-state index in [1.807, 2.05) is 13.0 Å². The van der Waals surface area contributed by atoms with Crippen molar-refractivity contribution >= 4 is 11.6 Å². The lowest BCUT2D eigenvalue weighted by Crippen LogP contribution is -2.22. The molecule has 1 aromatic rings.